The van der Waals surface area contributed by atoms with E-state index in [0.717, 1.165) is 6.42 Å². The zero-order valence-corrected chi connectivity index (χ0v) is 17.5. The van der Waals surface area contributed by atoms with E-state index >= 15 is 0 Å². The molecule has 0 amide bonds. The maximum atomic E-state index is 12.9. The number of ether oxygens (including phenoxy) is 1. The van der Waals surface area contributed by atoms with Gasteiger partial charge in [-0.1, -0.05) is 41.0 Å². The second-order valence-corrected chi connectivity index (χ2v) is 8.86. The number of esters is 1. The number of rotatable bonds is 1. The highest BCUT2D eigenvalue weighted by atomic mass is 16.5. The van der Waals surface area contributed by atoms with Crippen LogP contribution in [0.5, 0.6) is 0 Å². The van der Waals surface area contributed by atoms with Crippen LogP contribution in [0.3, 0.4) is 0 Å². The minimum absolute atomic E-state index is 0.101. The SMILES string of the molecule is CC[C@@]1(O)CCCOC(=O)C[C@H](O)C(C)(C)C(=O)[C@H](C)[C@@H](O)[C@@H](C)CCC1. The Morgan fingerprint density at radius 3 is 2.30 bits per heavy atom. The highest BCUT2D eigenvalue weighted by Crippen LogP contribution is 2.33. The van der Waals surface area contributed by atoms with Gasteiger partial charge in [0.25, 0.3) is 0 Å². The Kier molecular flexibility index (Phi) is 8.90. The predicted octanol–water partition coefficient (Wildman–Crippen LogP) is 2.61. The standard InChI is InChI=1S/C21H38O6/c1-6-21(26)10-7-9-14(2)18(24)15(3)19(25)20(4,5)16(22)13-17(23)27-12-8-11-21/h14-16,18,22,24,26H,6-13H2,1-5H3/t14-,15+,16-,18-,21-/m0/s1. The van der Waals surface area contributed by atoms with Crippen LogP contribution in [0.25, 0.3) is 0 Å². The molecule has 1 fully saturated rings. The smallest absolute Gasteiger partial charge is 0.308 e. The van der Waals surface area contributed by atoms with Crippen LogP contribution in [0.15, 0.2) is 0 Å². The Hall–Kier alpha value is -0.980. The molecule has 1 heterocycles. The molecule has 0 aliphatic carbocycles. The van der Waals surface area contributed by atoms with Crippen molar-refractivity contribution in [2.45, 2.75) is 97.4 Å². The molecule has 6 nitrogen and oxygen atoms in total. The summed E-state index contributed by atoms with van der Waals surface area (Å²) in [5.41, 5.74) is -1.96. The van der Waals surface area contributed by atoms with Crippen molar-refractivity contribution < 1.29 is 29.6 Å². The van der Waals surface area contributed by atoms with Gasteiger partial charge in [-0.3, -0.25) is 9.59 Å². The molecule has 0 radical (unpaired) electrons. The average molecular weight is 387 g/mol. The molecule has 3 N–H and O–H groups in total. The Bertz CT molecular complexity index is 503. The quantitative estimate of drug-likeness (QED) is 0.599. The summed E-state index contributed by atoms with van der Waals surface area (Å²) < 4.78 is 5.17. The van der Waals surface area contributed by atoms with Gasteiger partial charge in [0.05, 0.1) is 36.3 Å². The van der Waals surface area contributed by atoms with Crippen LogP contribution < -0.4 is 0 Å². The predicted molar refractivity (Wildman–Crippen MR) is 103 cm³/mol. The van der Waals surface area contributed by atoms with Gasteiger partial charge in [0.15, 0.2) is 0 Å². The highest BCUT2D eigenvalue weighted by molar-refractivity contribution is 5.87. The van der Waals surface area contributed by atoms with Crippen molar-refractivity contribution in [1.29, 1.82) is 0 Å². The molecule has 1 aliphatic heterocycles. The van der Waals surface area contributed by atoms with Crippen LogP contribution in [0.1, 0.15) is 79.6 Å². The van der Waals surface area contributed by atoms with Crippen LogP contribution in [-0.4, -0.2) is 51.5 Å². The first-order valence-corrected chi connectivity index (χ1v) is 10.2. The summed E-state index contributed by atoms with van der Waals surface area (Å²) in [6.07, 6.45) is 1.48. The lowest BCUT2D eigenvalue weighted by Gasteiger charge is -2.34. The first-order valence-electron chi connectivity index (χ1n) is 10.2. The summed E-state index contributed by atoms with van der Waals surface area (Å²) in [5, 5.41) is 31.8. The molecular weight excluding hydrogens is 348 g/mol. The van der Waals surface area contributed by atoms with E-state index < -0.39 is 35.1 Å². The van der Waals surface area contributed by atoms with Gasteiger partial charge in [-0.2, -0.15) is 0 Å². The van der Waals surface area contributed by atoms with Gasteiger partial charge in [0.1, 0.15) is 5.78 Å². The summed E-state index contributed by atoms with van der Waals surface area (Å²) in [5.74, 6) is -1.58. The molecule has 0 aromatic rings. The van der Waals surface area contributed by atoms with Crippen LogP contribution in [0, 0.1) is 17.3 Å². The monoisotopic (exact) mass is 386 g/mol. The second-order valence-electron chi connectivity index (χ2n) is 8.86. The zero-order chi connectivity index (χ0) is 20.8. The third kappa shape index (κ3) is 6.54. The molecule has 1 saturated heterocycles. The van der Waals surface area contributed by atoms with E-state index in [-0.39, 0.29) is 24.7 Å². The number of hydrogen-bond donors (Lipinski definition) is 3. The summed E-state index contributed by atoms with van der Waals surface area (Å²) in [6.45, 7) is 8.90. The van der Waals surface area contributed by atoms with Gasteiger partial charge in [0.2, 0.25) is 0 Å². The minimum Gasteiger partial charge on any atom is -0.466 e. The number of hydrogen-bond acceptors (Lipinski definition) is 6. The Balaban J connectivity index is 2.98. The highest BCUT2D eigenvalue weighted by Gasteiger charge is 2.42. The van der Waals surface area contributed by atoms with Crippen molar-refractivity contribution in [3.05, 3.63) is 0 Å². The molecule has 0 aromatic heterocycles. The number of carbonyl (C=O) groups excluding carboxylic acids is 2. The molecule has 5 atom stereocenters. The van der Waals surface area contributed by atoms with Gasteiger partial charge < -0.3 is 20.1 Å². The van der Waals surface area contributed by atoms with Crippen LogP contribution in [-0.2, 0) is 14.3 Å². The number of aliphatic hydroxyl groups excluding tert-OH is 2. The summed E-state index contributed by atoms with van der Waals surface area (Å²) in [6, 6.07) is 0. The Morgan fingerprint density at radius 1 is 1.11 bits per heavy atom. The van der Waals surface area contributed by atoms with Gasteiger partial charge in [0, 0.05) is 5.92 Å². The van der Waals surface area contributed by atoms with Crippen molar-refractivity contribution in [2.24, 2.45) is 17.3 Å². The van der Waals surface area contributed by atoms with E-state index in [1.165, 1.54) is 0 Å². The largest absolute Gasteiger partial charge is 0.466 e. The van der Waals surface area contributed by atoms with Crippen LogP contribution in [0.4, 0.5) is 0 Å². The van der Waals surface area contributed by atoms with Gasteiger partial charge in [-0.25, -0.2) is 0 Å². The first kappa shape index (κ1) is 24.1. The number of carbonyl (C=O) groups is 2. The number of Topliss-reactive ketones (excluding diaryl/α,β-unsaturated/α-hetero) is 1. The van der Waals surface area contributed by atoms with Crippen molar-refractivity contribution in [2.75, 3.05) is 6.61 Å². The molecule has 0 saturated carbocycles. The molecular formula is C21H38O6. The summed E-state index contributed by atoms with van der Waals surface area (Å²) in [7, 11) is 0. The summed E-state index contributed by atoms with van der Waals surface area (Å²) >= 11 is 0. The Labute approximate surface area is 163 Å². The van der Waals surface area contributed by atoms with E-state index in [4.69, 9.17) is 4.74 Å². The molecule has 0 bridgehead atoms. The molecule has 1 rings (SSSR count). The molecule has 27 heavy (non-hydrogen) atoms. The maximum absolute atomic E-state index is 12.9. The Morgan fingerprint density at radius 2 is 1.70 bits per heavy atom. The van der Waals surface area contributed by atoms with Gasteiger partial charge in [-0.15, -0.1) is 0 Å². The van der Waals surface area contributed by atoms with Crippen molar-refractivity contribution in [3.8, 4) is 0 Å². The molecule has 6 heteroatoms. The lowest BCUT2D eigenvalue weighted by Crippen LogP contribution is -2.45. The lowest BCUT2D eigenvalue weighted by atomic mass is 9.73. The lowest BCUT2D eigenvalue weighted by molar-refractivity contribution is -0.152. The first-order chi connectivity index (χ1) is 12.4. The fraction of sp³-hybridized carbons (Fsp3) is 0.905. The zero-order valence-electron chi connectivity index (χ0n) is 17.5. The molecule has 0 unspecified atom stereocenters. The van der Waals surface area contributed by atoms with Gasteiger partial charge in [-0.05, 0) is 38.0 Å². The topological polar surface area (TPSA) is 104 Å². The fourth-order valence-electron chi connectivity index (χ4n) is 3.86. The average Bonchev–Trinajstić information content (AvgIpc) is 2.62. The van der Waals surface area contributed by atoms with E-state index in [0.29, 0.717) is 32.1 Å². The molecule has 0 spiro atoms. The third-order valence-corrected chi connectivity index (χ3v) is 6.35. The van der Waals surface area contributed by atoms with E-state index in [9.17, 15) is 24.9 Å². The van der Waals surface area contributed by atoms with Crippen LogP contribution in [0.2, 0.25) is 0 Å². The van der Waals surface area contributed by atoms with Gasteiger partial charge >= 0.3 is 5.97 Å². The van der Waals surface area contributed by atoms with Crippen LogP contribution >= 0.6 is 0 Å². The van der Waals surface area contributed by atoms with Crippen molar-refractivity contribution in [1.82, 2.24) is 0 Å². The maximum Gasteiger partial charge on any atom is 0.308 e. The molecule has 158 valence electrons. The van der Waals surface area contributed by atoms with E-state index in [1.807, 2.05) is 13.8 Å². The third-order valence-electron chi connectivity index (χ3n) is 6.35. The molecule has 0 aromatic carbocycles. The number of cyclic esters (lactones) is 1. The number of aliphatic hydroxyl groups is 3. The normalized spacial score (nSPS) is 37.6. The summed E-state index contributed by atoms with van der Waals surface area (Å²) in [4.78, 5) is 24.9. The van der Waals surface area contributed by atoms with E-state index in [2.05, 4.69) is 0 Å². The minimum atomic E-state index is -1.18. The van der Waals surface area contributed by atoms with Crippen molar-refractivity contribution in [3.63, 3.8) is 0 Å². The van der Waals surface area contributed by atoms with E-state index in [1.54, 1.807) is 20.8 Å². The molecule has 1 aliphatic rings. The number of ketones is 1. The second kappa shape index (κ2) is 9.99. The fourth-order valence-corrected chi connectivity index (χ4v) is 3.86. The van der Waals surface area contributed by atoms with Crippen molar-refractivity contribution >= 4 is 11.8 Å².